The molecule has 1 aliphatic heterocycles. The van der Waals surface area contributed by atoms with Crippen molar-refractivity contribution in [2.24, 2.45) is 5.92 Å². The van der Waals surface area contributed by atoms with E-state index in [1.807, 2.05) is 26.0 Å². The number of hydrogen-bond acceptors (Lipinski definition) is 3. The van der Waals surface area contributed by atoms with Crippen molar-refractivity contribution in [2.45, 2.75) is 58.5 Å². The first-order valence-electron chi connectivity index (χ1n) is 8.53. The summed E-state index contributed by atoms with van der Waals surface area (Å²) in [5.74, 6) is -1.10. The number of fused-ring (bicyclic) bond motifs is 1. The van der Waals surface area contributed by atoms with Crippen LogP contribution >= 0.6 is 0 Å². The molecular formula is C20H26O4. The van der Waals surface area contributed by atoms with E-state index in [1.54, 1.807) is 0 Å². The third kappa shape index (κ3) is 4.70. The van der Waals surface area contributed by atoms with Crippen LogP contribution in [0.25, 0.3) is 0 Å². The number of esters is 1. The summed E-state index contributed by atoms with van der Waals surface area (Å²) in [7, 11) is 0. The minimum absolute atomic E-state index is 0.0314. The van der Waals surface area contributed by atoms with Crippen LogP contribution < -0.4 is 0 Å². The van der Waals surface area contributed by atoms with E-state index in [9.17, 15) is 14.7 Å². The molecule has 2 rings (SSSR count). The maximum absolute atomic E-state index is 11.8. The zero-order valence-corrected chi connectivity index (χ0v) is 14.5. The molecule has 2 unspecified atom stereocenters. The van der Waals surface area contributed by atoms with Gasteiger partial charge < -0.3 is 9.84 Å². The Bertz CT molecular complexity index is 622. The quantitative estimate of drug-likeness (QED) is 0.441. The lowest BCUT2D eigenvalue weighted by molar-refractivity contribution is -0.137. The molecule has 24 heavy (non-hydrogen) atoms. The molecule has 0 saturated carbocycles. The van der Waals surface area contributed by atoms with Gasteiger partial charge in [-0.3, -0.25) is 0 Å². The van der Waals surface area contributed by atoms with Crippen LogP contribution in [0.15, 0.2) is 47.1 Å². The van der Waals surface area contributed by atoms with Crippen molar-refractivity contribution in [2.75, 3.05) is 0 Å². The molecule has 0 spiro atoms. The maximum atomic E-state index is 11.8. The van der Waals surface area contributed by atoms with Gasteiger partial charge in [0, 0.05) is 17.1 Å². The van der Waals surface area contributed by atoms with Crippen molar-refractivity contribution >= 4 is 11.9 Å². The highest BCUT2D eigenvalue weighted by molar-refractivity contribution is 5.91. The van der Waals surface area contributed by atoms with E-state index in [0.717, 1.165) is 31.3 Å². The molecule has 0 aromatic carbocycles. The summed E-state index contributed by atoms with van der Waals surface area (Å²) in [6.45, 7) is 7.95. The van der Waals surface area contributed by atoms with E-state index < -0.39 is 5.97 Å². The van der Waals surface area contributed by atoms with E-state index in [0.29, 0.717) is 24.0 Å². The molecule has 1 N–H and O–H groups in total. The highest BCUT2D eigenvalue weighted by Gasteiger charge is 2.36. The summed E-state index contributed by atoms with van der Waals surface area (Å²) in [6, 6.07) is 0. The topological polar surface area (TPSA) is 63.6 Å². The molecular weight excluding hydrogens is 304 g/mol. The van der Waals surface area contributed by atoms with Crippen molar-refractivity contribution in [3.8, 4) is 0 Å². The number of ether oxygens (including phenoxy) is 1. The highest BCUT2D eigenvalue weighted by Crippen LogP contribution is 2.33. The molecule has 4 nitrogen and oxygen atoms in total. The molecule has 0 aromatic rings. The minimum atomic E-state index is -0.837. The van der Waals surface area contributed by atoms with E-state index in [-0.39, 0.29) is 18.0 Å². The molecule has 0 bridgehead atoms. The standard InChI is InChI=1S/C20H26O4/c1-13-6-4-8-16(19(21)22)9-5-7-14(2)12-18-17(11-10-13)15(3)20(23)24-18/h6,9,12,17-18H,3-5,7-8,10-11H2,1-2H3,(H,21,22)/b13-6?,14-12+,16-9-. The second-order valence-corrected chi connectivity index (χ2v) is 6.72. The van der Waals surface area contributed by atoms with Gasteiger partial charge in [0.05, 0.1) is 0 Å². The summed E-state index contributed by atoms with van der Waals surface area (Å²) in [4.78, 5) is 23.2. The molecule has 2 atom stereocenters. The zero-order valence-electron chi connectivity index (χ0n) is 14.5. The summed E-state index contributed by atoms with van der Waals surface area (Å²) in [6.07, 6.45) is 10.1. The van der Waals surface area contributed by atoms with E-state index in [1.165, 1.54) is 5.57 Å². The van der Waals surface area contributed by atoms with Gasteiger partial charge in [0.25, 0.3) is 0 Å². The molecule has 1 aliphatic carbocycles. The number of carboxylic acids is 1. The van der Waals surface area contributed by atoms with E-state index >= 15 is 0 Å². The number of allylic oxidation sites excluding steroid dienone is 4. The molecule has 130 valence electrons. The number of rotatable bonds is 1. The van der Waals surface area contributed by atoms with Crippen LogP contribution in [0.4, 0.5) is 0 Å². The second-order valence-electron chi connectivity index (χ2n) is 6.72. The Balaban J connectivity index is 2.23. The van der Waals surface area contributed by atoms with E-state index in [2.05, 4.69) is 12.7 Å². The first kappa shape index (κ1) is 18.2. The Hall–Kier alpha value is -2.10. The second kappa shape index (κ2) is 8.13. The molecule has 0 amide bonds. The van der Waals surface area contributed by atoms with Gasteiger partial charge >= 0.3 is 11.9 Å². The van der Waals surface area contributed by atoms with Gasteiger partial charge in [0.15, 0.2) is 0 Å². The molecule has 2 aliphatic rings. The molecule has 1 saturated heterocycles. The van der Waals surface area contributed by atoms with Crippen LogP contribution in [0.1, 0.15) is 52.4 Å². The number of carbonyl (C=O) groups is 2. The Morgan fingerprint density at radius 2 is 1.88 bits per heavy atom. The molecule has 0 aromatic heterocycles. The van der Waals surface area contributed by atoms with Gasteiger partial charge in [-0.25, -0.2) is 9.59 Å². The summed E-state index contributed by atoms with van der Waals surface area (Å²) < 4.78 is 5.46. The average molecular weight is 330 g/mol. The fraction of sp³-hybridized carbons (Fsp3) is 0.500. The summed E-state index contributed by atoms with van der Waals surface area (Å²) in [5.41, 5.74) is 3.36. The van der Waals surface area contributed by atoms with Gasteiger partial charge in [-0.15, -0.1) is 0 Å². The lowest BCUT2D eigenvalue weighted by Crippen LogP contribution is -2.15. The van der Waals surface area contributed by atoms with Gasteiger partial charge in [-0.1, -0.05) is 29.9 Å². The number of carboxylic acid groups (broad SMARTS) is 1. The number of aliphatic carboxylic acids is 1. The van der Waals surface area contributed by atoms with Crippen LogP contribution in [0.2, 0.25) is 0 Å². The Morgan fingerprint density at radius 1 is 1.17 bits per heavy atom. The third-order valence-corrected chi connectivity index (χ3v) is 4.76. The van der Waals surface area contributed by atoms with Crippen molar-refractivity contribution < 1.29 is 19.4 Å². The van der Waals surface area contributed by atoms with Gasteiger partial charge in [0.1, 0.15) is 6.10 Å². The highest BCUT2D eigenvalue weighted by atomic mass is 16.5. The van der Waals surface area contributed by atoms with Crippen LogP contribution in [-0.2, 0) is 14.3 Å². The SMILES string of the molecule is C=C1C(=O)OC2/C=C(\C)CC/C=C(\C(=O)O)CCC=C(C)CCC12. The van der Waals surface area contributed by atoms with Crippen molar-refractivity contribution in [3.63, 3.8) is 0 Å². The largest absolute Gasteiger partial charge is 0.478 e. The number of hydrogen-bond donors (Lipinski definition) is 1. The average Bonchev–Trinajstić information content (AvgIpc) is 2.77. The Morgan fingerprint density at radius 3 is 2.58 bits per heavy atom. The summed E-state index contributed by atoms with van der Waals surface area (Å²) >= 11 is 0. The number of carbonyl (C=O) groups excluding carboxylic acids is 1. The third-order valence-electron chi connectivity index (χ3n) is 4.76. The van der Waals surface area contributed by atoms with Gasteiger partial charge in [-0.2, -0.15) is 0 Å². The van der Waals surface area contributed by atoms with Gasteiger partial charge in [-0.05, 0) is 58.4 Å². The zero-order chi connectivity index (χ0) is 17.7. The van der Waals surface area contributed by atoms with E-state index in [4.69, 9.17) is 4.74 Å². The lowest BCUT2D eigenvalue weighted by atomic mass is 9.89. The smallest absolute Gasteiger partial charge is 0.334 e. The Labute approximate surface area is 143 Å². The Kier molecular flexibility index (Phi) is 6.18. The van der Waals surface area contributed by atoms with Crippen molar-refractivity contribution in [1.82, 2.24) is 0 Å². The molecule has 1 heterocycles. The monoisotopic (exact) mass is 330 g/mol. The predicted octanol–water partition coefficient (Wildman–Crippen LogP) is 4.34. The molecule has 4 heteroatoms. The van der Waals surface area contributed by atoms with Crippen LogP contribution in [0.5, 0.6) is 0 Å². The molecule has 0 radical (unpaired) electrons. The predicted molar refractivity (Wildman–Crippen MR) is 93.4 cm³/mol. The fourth-order valence-corrected chi connectivity index (χ4v) is 3.21. The van der Waals surface area contributed by atoms with Crippen LogP contribution in [0.3, 0.4) is 0 Å². The first-order chi connectivity index (χ1) is 11.4. The van der Waals surface area contributed by atoms with Crippen LogP contribution in [-0.4, -0.2) is 23.1 Å². The molecule has 1 fully saturated rings. The summed E-state index contributed by atoms with van der Waals surface area (Å²) in [5, 5.41) is 9.29. The minimum Gasteiger partial charge on any atom is -0.478 e. The van der Waals surface area contributed by atoms with Crippen molar-refractivity contribution in [3.05, 3.63) is 47.1 Å². The maximum Gasteiger partial charge on any atom is 0.334 e. The fourth-order valence-electron chi connectivity index (χ4n) is 3.21. The van der Waals surface area contributed by atoms with Gasteiger partial charge in [0.2, 0.25) is 0 Å². The van der Waals surface area contributed by atoms with Crippen LogP contribution in [0, 0.1) is 5.92 Å². The lowest BCUT2D eigenvalue weighted by Gasteiger charge is -2.16. The van der Waals surface area contributed by atoms with Crippen molar-refractivity contribution in [1.29, 1.82) is 0 Å². The first-order valence-corrected chi connectivity index (χ1v) is 8.53. The normalized spacial score (nSPS) is 30.8.